The van der Waals surface area contributed by atoms with E-state index in [0.717, 1.165) is 32.1 Å². The number of nitrogens with zero attached hydrogens (tertiary/aromatic N) is 3. The fraction of sp³-hybridized carbons (Fsp3) is 0.600. The smallest absolute Gasteiger partial charge is 0.222 e. The SMILES string of the molecule is CN1CCC(Nc2nc(N)ncc2F)CC1. The van der Waals surface area contributed by atoms with Gasteiger partial charge in [0, 0.05) is 6.04 Å². The second kappa shape index (κ2) is 4.61. The van der Waals surface area contributed by atoms with Gasteiger partial charge in [0.1, 0.15) is 0 Å². The summed E-state index contributed by atoms with van der Waals surface area (Å²) in [6, 6.07) is 0.264. The number of nitrogens with one attached hydrogen (secondary N) is 1. The molecule has 1 saturated heterocycles. The van der Waals surface area contributed by atoms with Crippen LogP contribution in [-0.2, 0) is 0 Å². The largest absolute Gasteiger partial charge is 0.368 e. The average molecular weight is 225 g/mol. The van der Waals surface area contributed by atoms with Crippen LogP contribution in [0.4, 0.5) is 16.2 Å². The number of piperidine rings is 1. The van der Waals surface area contributed by atoms with Crippen LogP contribution in [0, 0.1) is 5.82 Å². The molecule has 1 fully saturated rings. The van der Waals surface area contributed by atoms with Crippen LogP contribution in [0.3, 0.4) is 0 Å². The van der Waals surface area contributed by atoms with Crippen LogP contribution in [0.25, 0.3) is 0 Å². The zero-order valence-electron chi connectivity index (χ0n) is 9.28. The van der Waals surface area contributed by atoms with Crippen LogP contribution >= 0.6 is 0 Å². The molecule has 2 heterocycles. The van der Waals surface area contributed by atoms with Gasteiger partial charge in [0.25, 0.3) is 0 Å². The van der Waals surface area contributed by atoms with Crippen molar-refractivity contribution >= 4 is 11.8 Å². The number of anilines is 2. The number of hydrogen-bond acceptors (Lipinski definition) is 5. The maximum Gasteiger partial charge on any atom is 0.222 e. The highest BCUT2D eigenvalue weighted by Gasteiger charge is 2.18. The Morgan fingerprint density at radius 2 is 2.19 bits per heavy atom. The maximum atomic E-state index is 13.3. The van der Waals surface area contributed by atoms with Gasteiger partial charge in [-0.1, -0.05) is 0 Å². The summed E-state index contributed by atoms with van der Waals surface area (Å²) in [7, 11) is 2.08. The molecule has 6 heteroatoms. The third-order valence-corrected chi connectivity index (χ3v) is 2.82. The highest BCUT2D eigenvalue weighted by atomic mass is 19.1. The van der Waals surface area contributed by atoms with Crippen LogP contribution in [0.1, 0.15) is 12.8 Å². The highest BCUT2D eigenvalue weighted by Crippen LogP contribution is 2.16. The number of hydrogen-bond donors (Lipinski definition) is 2. The lowest BCUT2D eigenvalue weighted by molar-refractivity contribution is 0.263. The molecule has 0 bridgehead atoms. The molecule has 1 aliphatic rings. The van der Waals surface area contributed by atoms with E-state index in [2.05, 4.69) is 27.2 Å². The summed E-state index contributed by atoms with van der Waals surface area (Å²) in [4.78, 5) is 9.69. The molecule has 0 amide bonds. The molecular formula is C10H16FN5. The van der Waals surface area contributed by atoms with Crippen LogP contribution in [0.2, 0.25) is 0 Å². The molecule has 1 aromatic rings. The van der Waals surface area contributed by atoms with Crippen molar-refractivity contribution in [3.8, 4) is 0 Å². The Bertz CT molecular complexity index is 362. The van der Waals surface area contributed by atoms with E-state index in [1.165, 1.54) is 0 Å². The van der Waals surface area contributed by atoms with E-state index < -0.39 is 5.82 Å². The third kappa shape index (κ3) is 2.57. The molecule has 0 radical (unpaired) electrons. The highest BCUT2D eigenvalue weighted by molar-refractivity contribution is 5.40. The lowest BCUT2D eigenvalue weighted by Gasteiger charge is -2.29. The fourth-order valence-electron chi connectivity index (χ4n) is 1.83. The van der Waals surface area contributed by atoms with Gasteiger partial charge in [-0.2, -0.15) is 4.98 Å². The fourth-order valence-corrected chi connectivity index (χ4v) is 1.83. The molecule has 0 aliphatic carbocycles. The molecule has 1 aliphatic heterocycles. The summed E-state index contributed by atoms with van der Waals surface area (Å²) < 4.78 is 13.3. The Kier molecular flexibility index (Phi) is 3.19. The number of likely N-dealkylation sites (tertiary alicyclic amines) is 1. The first-order chi connectivity index (χ1) is 7.65. The summed E-state index contributed by atoms with van der Waals surface area (Å²) >= 11 is 0. The molecule has 88 valence electrons. The van der Waals surface area contributed by atoms with Crippen molar-refractivity contribution in [1.82, 2.24) is 14.9 Å². The second-order valence-electron chi connectivity index (χ2n) is 4.15. The maximum absolute atomic E-state index is 13.3. The number of aromatic nitrogens is 2. The van der Waals surface area contributed by atoms with E-state index in [1.807, 2.05) is 0 Å². The normalized spacial score (nSPS) is 18.6. The second-order valence-corrected chi connectivity index (χ2v) is 4.15. The molecule has 0 aromatic carbocycles. The van der Waals surface area contributed by atoms with Gasteiger partial charge in [-0.3, -0.25) is 0 Å². The van der Waals surface area contributed by atoms with Crippen molar-refractivity contribution in [3.63, 3.8) is 0 Å². The van der Waals surface area contributed by atoms with E-state index in [9.17, 15) is 4.39 Å². The number of nitrogen functional groups attached to an aromatic ring is 1. The zero-order valence-corrected chi connectivity index (χ0v) is 9.28. The Morgan fingerprint density at radius 3 is 2.88 bits per heavy atom. The van der Waals surface area contributed by atoms with E-state index in [-0.39, 0.29) is 17.8 Å². The molecule has 0 spiro atoms. The minimum absolute atomic E-state index is 0.0943. The molecular weight excluding hydrogens is 209 g/mol. The molecule has 1 aromatic heterocycles. The quantitative estimate of drug-likeness (QED) is 0.775. The predicted octanol–water partition coefficient (Wildman–Crippen LogP) is 0.704. The molecule has 5 nitrogen and oxygen atoms in total. The van der Waals surface area contributed by atoms with Gasteiger partial charge in [0.2, 0.25) is 5.95 Å². The van der Waals surface area contributed by atoms with E-state index in [4.69, 9.17) is 5.73 Å². The van der Waals surface area contributed by atoms with Crippen LogP contribution in [0.5, 0.6) is 0 Å². The van der Waals surface area contributed by atoms with Gasteiger partial charge < -0.3 is 16.0 Å². The first-order valence-corrected chi connectivity index (χ1v) is 5.38. The van der Waals surface area contributed by atoms with Crippen molar-refractivity contribution in [2.75, 3.05) is 31.2 Å². The average Bonchev–Trinajstić information content (AvgIpc) is 2.27. The lowest BCUT2D eigenvalue weighted by atomic mass is 10.1. The Hall–Kier alpha value is -1.43. The summed E-state index contributed by atoms with van der Waals surface area (Å²) in [5, 5.41) is 3.08. The minimum atomic E-state index is -0.451. The first-order valence-electron chi connectivity index (χ1n) is 5.38. The van der Waals surface area contributed by atoms with Gasteiger partial charge in [-0.15, -0.1) is 0 Å². The van der Waals surface area contributed by atoms with E-state index in [1.54, 1.807) is 0 Å². The third-order valence-electron chi connectivity index (χ3n) is 2.82. The molecule has 0 unspecified atom stereocenters. The van der Waals surface area contributed by atoms with Crippen LogP contribution < -0.4 is 11.1 Å². The summed E-state index contributed by atoms with van der Waals surface area (Å²) in [6.45, 7) is 2.03. The van der Waals surface area contributed by atoms with Gasteiger partial charge in [-0.05, 0) is 33.0 Å². The molecule has 0 atom stereocenters. The van der Waals surface area contributed by atoms with E-state index >= 15 is 0 Å². The lowest BCUT2D eigenvalue weighted by Crippen LogP contribution is -2.37. The summed E-state index contributed by atoms with van der Waals surface area (Å²) in [5.74, 6) is -0.146. The Labute approximate surface area is 93.9 Å². The number of rotatable bonds is 2. The Morgan fingerprint density at radius 1 is 1.50 bits per heavy atom. The molecule has 0 saturated carbocycles. The van der Waals surface area contributed by atoms with Crippen molar-refractivity contribution in [2.24, 2.45) is 0 Å². The van der Waals surface area contributed by atoms with Crippen LogP contribution in [0.15, 0.2) is 6.20 Å². The topological polar surface area (TPSA) is 67.1 Å². The van der Waals surface area contributed by atoms with Gasteiger partial charge >= 0.3 is 0 Å². The molecule has 3 N–H and O–H groups in total. The van der Waals surface area contributed by atoms with Gasteiger partial charge in [0.15, 0.2) is 11.6 Å². The standard InChI is InChI=1S/C10H16FN5/c1-16-4-2-7(3-5-16)14-9-8(11)6-13-10(12)15-9/h6-7H,2-5H2,1H3,(H3,12,13,14,15). The van der Waals surface area contributed by atoms with Crippen molar-refractivity contribution in [2.45, 2.75) is 18.9 Å². The monoisotopic (exact) mass is 225 g/mol. The first kappa shape index (κ1) is 11.1. The van der Waals surface area contributed by atoms with Gasteiger partial charge in [-0.25, -0.2) is 9.37 Å². The van der Waals surface area contributed by atoms with Gasteiger partial charge in [0.05, 0.1) is 6.20 Å². The zero-order chi connectivity index (χ0) is 11.5. The summed E-state index contributed by atoms with van der Waals surface area (Å²) in [6.07, 6.45) is 3.07. The van der Waals surface area contributed by atoms with E-state index in [0.29, 0.717) is 0 Å². The Balaban J connectivity index is 2.00. The number of halogens is 1. The van der Waals surface area contributed by atoms with Crippen molar-refractivity contribution in [1.29, 1.82) is 0 Å². The number of nitrogens with two attached hydrogens (primary N) is 1. The summed E-state index contributed by atoms with van der Waals surface area (Å²) in [5.41, 5.74) is 5.42. The minimum Gasteiger partial charge on any atom is -0.368 e. The van der Waals surface area contributed by atoms with Crippen molar-refractivity contribution in [3.05, 3.63) is 12.0 Å². The van der Waals surface area contributed by atoms with Crippen LogP contribution in [-0.4, -0.2) is 41.0 Å². The molecule has 16 heavy (non-hydrogen) atoms. The predicted molar refractivity (Wildman–Crippen MR) is 60.5 cm³/mol. The van der Waals surface area contributed by atoms with Crippen molar-refractivity contribution < 1.29 is 4.39 Å². The molecule has 2 rings (SSSR count).